The first kappa shape index (κ1) is 10.1. The van der Waals surface area contributed by atoms with Crippen molar-refractivity contribution in [3.63, 3.8) is 0 Å². The van der Waals surface area contributed by atoms with Gasteiger partial charge in [-0.05, 0) is 0 Å². The highest BCUT2D eigenvalue weighted by atomic mass is 35.5. The standard InChI is InChI=1S/C5H6Cl2O4S/c6-3-1-12(9,10)2-4(3)11-5(7)8/h3-4H,1-2H2/t3-,4+/m0/s1. The van der Waals surface area contributed by atoms with E-state index in [1.165, 1.54) is 0 Å². The molecule has 1 heterocycles. The van der Waals surface area contributed by atoms with Crippen LogP contribution in [0, 0.1) is 0 Å². The number of ether oxygens (including phenoxy) is 1. The molecule has 1 rings (SSSR count). The minimum Gasteiger partial charge on any atom is -0.448 e. The van der Waals surface area contributed by atoms with E-state index in [1.54, 1.807) is 0 Å². The van der Waals surface area contributed by atoms with Crippen LogP contribution in [0.25, 0.3) is 0 Å². The zero-order valence-corrected chi connectivity index (χ0v) is 8.19. The molecule has 0 aromatic heterocycles. The van der Waals surface area contributed by atoms with Crippen LogP contribution in [0.2, 0.25) is 0 Å². The van der Waals surface area contributed by atoms with E-state index in [-0.39, 0.29) is 11.5 Å². The van der Waals surface area contributed by atoms with Gasteiger partial charge in [0.05, 0.1) is 16.9 Å². The van der Waals surface area contributed by atoms with E-state index in [2.05, 4.69) is 4.74 Å². The lowest BCUT2D eigenvalue weighted by atomic mass is 10.3. The predicted octanol–water partition coefficient (Wildman–Crippen LogP) is 0.766. The molecule has 0 aliphatic carbocycles. The summed E-state index contributed by atoms with van der Waals surface area (Å²) in [6, 6.07) is 0. The normalized spacial score (nSPS) is 33.2. The van der Waals surface area contributed by atoms with Crippen molar-refractivity contribution in [1.29, 1.82) is 0 Å². The summed E-state index contributed by atoms with van der Waals surface area (Å²) in [5.41, 5.74) is -1.03. The fourth-order valence-electron chi connectivity index (χ4n) is 1.000. The Hall–Kier alpha value is -0.000000000000000111. The van der Waals surface area contributed by atoms with Gasteiger partial charge in [0.25, 0.3) is 0 Å². The van der Waals surface area contributed by atoms with E-state index >= 15 is 0 Å². The minimum absolute atomic E-state index is 0.163. The van der Waals surface area contributed by atoms with Crippen molar-refractivity contribution in [2.75, 3.05) is 11.5 Å². The molecule has 4 nitrogen and oxygen atoms in total. The second-order valence-corrected chi connectivity index (χ2v) is 5.51. The molecule has 0 unspecified atom stereocenters. The summed E-state index contributed by atoms with van der Waals surface area (Å²) in [6.45, 7) is 0. The van der Waals surface area contributed by atoms with E-state index in [0.29, 0.717) is 0 Å². The molecule has 0 radical (unpaired) electrons. The van der Waals surface area contributed by atoms with E-state index in [1.807, 2.05) is 0 Å². The van der Waals surface area contributed by atoms with Gasteiger partial charge in [0, 0.05) is 11.6 Å². The van der Waals surface area contributed by atoms with Crippen LogP contribution in [0.15, 0.2) is 0 Å². The molecule has 1 aliphatic heterocycles. The van der Waals surface area contributed by atoms with E-state index in [4.69, 9.17) is 23.2 Å². The topological polar surface area (TPSA) is 60.4 Å². The van der Waals surface area contributed by atoms with Gasteiger partial charge in [0.15, 0.2) is 9.84 Å². The van der Waals surface area contributed by atoms with Crippen molar-refractivity contribution in [2.24, 2.45) is 0 Å². The zero-order valence-electron chi connectivity index (χ0n) is 5.87. The summed E-state index contributed by atoms with van der Waals surface area (Å²) in [5.74, 6) is -0.400. The molecule has 0 bridgehead atoms. The first-order valence-corrected chi connectivity index (χ1v) is 5.75. The predicted molar refractivity (Wildman–Crippen MR) is 44.4 cm³/mol. The number of rotatable bonds is 1. The lowest BCUT2D eigenvalue weighted by Gasteiger charge is -2.09. The fourth-order valence-corrected chi connectivity index (χ4v) is 3.57. The molecule has 1 aliphatic rings. The Morgan fingerprint density at radius 3 is 2.33 bits per heavy atom. The van der Waals surface area contributed by atoms with Gasteiger partial charge < -0.3 is 4.74 Å². The van der Waals surface area contributed by atoms with Gasteiger partial charge in [0.1, 0.15) is 6.10 Å². The van der Waals surface area contributed by atoms with E-state index in [0.717, 1.165) is 0 Å². The zero-order chi connectivity index (χ0) is 9.35. The molecule has 0 aromatic rings. The molecule has 1 saturated heterocycles. The van der Waals surface area contributed by atoms with Crippen molar-refractivity contribution in [3.05, 3.63) is 0 Å². The Morgan fingerprint density at radius 1 is 1.42 bits per heavy atom. The summed E-state index contributed by atoms with van der Waals surface area (Å²) in [6.07, 6.45) is -0.804. The smallest absolute Gasteiger partial charge is 0.404 e. The SMILES string of the molecule is O=C(Cl)O[C@@H]1CS(=O)(=O)C[C@@H]1Cl. The second kappa shape index (κ2) is 3.40. The van der Waals surface area contributed by atoms with E-state index in [9.17, 15) is 13.2 Å². The monoisotopic (exact) mass is 232 g/mol. The maximum absolute atomic E-state index is 10.9. The summed E-state index contributed by atoms with van der Waals surface area (Å²) in [7, 11) is -3.16. The molecule has 12 heavy (non-hydrogen) atoms. The quantitative estimate of drug-likeness (QED) is 0.495. The molecular weight excluding hydrogens is 227 g/mol. The van der Waals surface area contributed by atoms with Crippen LogP contribution < -0.4 is 0 Å². The molecule has 0 N–H and O–H groups in total. The average Bonchev–Trinajstić information content (AvgIpc) is 2.03. The lowest BCUT2D eigenvalue weighted by Crippen LogP contribution is -2.23. The molecule has 0 amide bonds. The van der Waals surface area contributed by atoms with Gasteiger partial charge in [-0.3, -0.25) is 0 Å². The first-order valence-electron chi connectivity index (χ1n) is 3.11. The van der Waals surface area contributed by atoms with Gasteiger partial charge in [-0.2, -0.15) is 0 Å². The van der Waals surface area contributed by atoms with Crippen molar-refractivity contribution < 1.29 is 17.9 Å². The number of alkyl halides is 1. The number of carbonyl (C=O) groups is 1. The van der Waals surface area contributed by atoms with Crippen molar-refractivity contribution in [3.8, 4) is 0 Å². The summed E-state index contributed by atoms with van der Waals surface area (Å²) in [4.78, 5) is 10.2. The van der Waals surface area contributed by atoms with Crippen molar-refractivity contribution in [2.45, 2.75) is 11.5 Å². The van der Waals surface area contributed by atoms with Gasteiger partial charge in [-0.1, -0.05) is 0 Å². The Bertz CT molecular complexity index is 286. The van der Waals surface area contributed by atoms with E-state index < -0.39 is 26.7 Å². The lowest BCUT2D eigenvalue weighted by molar-refractivity contribution is 0.136. The number of halogens is 2. The van der Waals surface area contributed by atoms with Crippen LogP contribution in [-0.2, 0) is 14.6 Å². The van der Waals surface area contributed by atoms with Crippen molar-refractivity contribution >= 4 is 38.5 Å². The van der Waals surface area contributed by atoms with Crippen LogP contribution in [0.4, 0.5) is 4.79 Å². The Kier molecular flexibility index (Phi) is 2.85. The largest absolute Gasteiger partial charge is 0.448 e. The summed E-state index contributed by atoms with van der Waals surface area (Å²) < 4.78 is 26.3. The number of sulfone groups is 1. The number of hydrogen-bond acceptors (Lipinski definition) is 4. The van der Waals surface area contributed by atoms with Gasteiger partial charge in [0.2, 0.25) is 0 Å². The highest BCUT2D eigenvalue weighted by Gasteiger charge is 2.38. The second-order valence-electron chi connectivity index (χ2n) is 2.49. The van der Waals surface area contributed by atoms with Crippen LogP contribution in [0.1, 0.15) is 0 Å². The summed E-state index contributed by atoms with van der Waals surface area (Å²) in [5, 5.41) is -0.683. The molecule has 0 spiro atoms. The minimum atomic E-state index is -3.16. The highest BCUT2D eigenvalue weighted by Crippen LogP contribution is 2.21. The average molecular weight is 233 g/mol. The molecule has 1 fully saturated rings. The third-order valence-electron chi connectivity index (χ3n) is 1.48. The van der Waals surface area contributed by atoms with Crippen LogP contribution >= 0.6 is 23.2 Å². The van der Waals surface area contributed by atoms with Gasteiger partial charge >= 0.3 is 5.43 Å². The highest BCUT2D eigenvalue weighted by molar-refractivity contribution is 7.91. The molecule has 0 saturated carbocycles. The Labute approximate surface area is 79.7 Å². The van der Waals surface area contributed by atoms with Crippen LogP contribution in [0.3, 0.4) is 0 Å². The Balaban J connectivity index is 2.64. The molecule has 7 heteroatoms. The maximum atomic E-state index is 10.9. The third-order valence-corrected chi connectivity index (χ3v) is 3.89. The number of carbonyl (C=O) groups excluding carboxylic acids is 1. The van der Waals surface area contributed by atoms with Gasteiger partial charge in [-0.25, -0.2) is 13.2 Å². The maximum Gasteiger partial charge on any atom is 0.404 e. The van der Waals surface area contributed by atoms with Crippen LogP contribution in [0.5, 0.6) is 0 Å². The third kappa shape index (κ3) is 2.50. The summed E-state index contributed by atoms with van der Waals surface area (Å²) >= 11 is 10.5. The molecular formula is C5H6Cl2O4S. The van der Waals surface area contributed by atoms with Crippen LogP contribution in [-0.4, -0.2) is 36.8 Å². The van der Waals surface area contributed by atoms with Crippen molar-refractivity contribution in [1.82, 2.24) is 0 Å². The first-order chi connectivity index (χ1) is 5.41. The molecule has 0 aromatic carbocycles. The fraction of sp³-hybridized carbons (Fsp3) is 0.800. The van der Waals surface area contributed by atoms with Gasteiger partial charge in [-0.15, -0.1) is 11.6 Å². The number of hydrogen-bond donors (Lipinski definition) is 0. The molecule has 2 atom stereocenters. The molecule has 70 valence electrons. The Morgan fingerprint density at radius 2 is 2.00 bits per heavy atom.